The molecule has 0 radical (unpaired) electrons. The highest BCUT2D eigenvalue weighted by Crippen LogP contribution is 2.18. The van der Waals surface area contributed by atoms with Crippen LogP contribution in [-0.2, 0) is 6.54 Å². The van der Waals surface area contributed by atoms with Crippen molar-refractivity contribution >= 4 is 38.9 Å². The van der Waals surface area contributed by atoms with Gasteiger partial charge in [-0.15, -0.1) is 0 Å². The number of rotatable bonds is 5. The molecule has 0 aliphatic rings. The van der Waals surface area contributed by atoms with E-state index in [1.165, 1.54) is 0 Å². The molecule has 0 saturated carbocycles. The fourth-order valence-electron chi connectivity index (χ4n) is 3.30. The van der Waals surface area contributed by atoms with Crippen LogP contribution in [0.25, 0.3) is 10.9 Å². The minimum Gasteiger partial charge on any atom is -0.340 e. The molecule has 0 N–H and O–H groups in total. The number of nitrogens with zero attached hydrogens (tertiary/aromatic N) is 2. The van der Waals surface area contributed by atoms with Crippen LogP contribution < -0.4 is 5.43 Å². The second-order valence-electron chi connectivity index (χ2n) is 6.50. The lowest BCUT2D eigenvalue weighted by molar-refractivity contribution is 0.102. The molecule has 0 amide bonds. The van der Waals surface area contributed by atoms with Crippen LogP contribution in [-0.4, -0.2) is 21.6 Å². The zero-order valence-corrected chi connectivity index (χ0v) is 16.8. The number of benzene rings is 2. The van der Waals surface area contributed by atoms with E-state index in [2.05, 4.69) is 20.9 Å². The topological polar surface area (TPSA) is 69.0 Å². The lowest BCUT2D eigenvalue weighted by Crippen LogP contribution is -2.21. The average molecular weight is 447 g/mol. The molecule has 2 aromatic heterocycles. The molecule has 0 unspecified atom stereocenters. The van der Waals surface area contributed by atoms with Crippen molar-refractivity contribution in [3.63, 3.8) is 0 Å². The molecule has 4 aromatic rings. The monoisotopic (exact) mass is 446 g/mol. The molecular formula is C23H15BrN2O3. The van der Waals surface area contributed by atoms with Crippen molar-refractivity contribution in [3.05, 3.63) is 110 Å². The first-order valence-electron chi connectivity index (χ1n) is 8.91. The first-order valence-corrected chi connectivity index (χ1v) is 9.70. The van der Waals surface area contributed by atoms with Gasteiger partial charge in [-0.1, -0.05) is 42.5 Å². The van der Waals surface area contributed by atoms with Crippen LogP contribution in [0.15, 0.2) is 82.3 Å². The van der Waals surface area contributed by atoms with Crippen LogP contribution in [0.2, 0.25) is 0 Å². The van der Waals surface area contributed by atoms with E-state index in [1.807, 2.05) is 34.9 Å². The van der Waals surface area contributed by atoms with Crippen LogP contribution in [0.1, 0.15) is 32.0 Å². The maximum Gasteiger partial charge on any atom is 0.200 e. The lowest BCUT2D eigenvalue weighted by atomic mass is 9.98. The number of carbonyl (C=O) groups is 2. The zero-order valence-electron chi connectivity index (χ0n) is 15.2. The third kappa shape index (κ3) is 3.67. The third-order valence-electron chi connectivity index (χ3n) is 4.67. The van der Waals surface area contributed by atoms with Crippen molar-refractivity contribution in [1.29, 1.82) is 0 Å². The van der Waals surface area contributed by atoms with Gasteiger partial charge < -0.3 is 4.57 Å². The summed E-state index contributed by atoms with van der Waals surface area (Å²) in [6, 6.07) is 19.2. The molecule has 5 nitrogen and oxygen atoms in total. The Hall–Kier alpha value is -3.38. The van der Waals surface area contributed by atoms with Crippen LogP contribution in [0, 0.1) is 0 Å². The van der Waals surface area contributed by atoms with Gasteiger partial charge in [-0.25, -0.2) is 4.98 Å². The van der Waals surface area contributed by atoms with Crippen molar-refractivity contribution in [2.45, 2.75) is 6.54 Å². The van der Waals surface area contributed by atoms with E-state index in [9.17, 15) is 14.4 Å². The number of pyridine rings is 2. The first kappa shape index (κ1) is 19.0. The van der Waals surface area contributed by atoms with Gasteiger partial charge in [0.05, 0.1) is 23.3 Å². The summed E-state index contributed by atoms with van der Waals surface area (Å²) in [5.74, 6) is -0.473. The van der Waals surface area contributed by atoms with Crippen molar-refractivity contribution < 1.29 is 9.59 Å². The van der Waals surface area contributed by atoms with Crippen LogP contribution in [0.4, 0.5) is 0 Å². The second-order valence-corrected chi connectivity index (χ2v) is 7.32. The SMILES string of the molecule is O=Cc1ccccc1C(=O)c1cn(Cc2cccc(Br)n2)c2ccccc2c1=O. The molecule has 0 atom stereocenters. The van der Waals surface area contributed by atoms with Gasteiger partial charge in [0.1, 0.15) is 4.60 Å². The smallest absolute Gasteiger partial charge is 0.200 e. The molecule has 29 heavy (non-hydrogen) atoms. The zero-order chi connectivity index (χ0) is 20.4. The Morgan fingerprint density at radius 1 is 0.966 bits per heavy atom. The van der Waals surface area contributed by atoms with E-state index < -0.39 is 5.78 Å². The van der Waals surface area contributed by atoms with Crippen molar-refractivity contribution in [2.75, 3.05) is 0 Å². The minimum atomic E-state index is -0.473. The molecule has 0 saturated heterocycles. The number of aromatic nitrogens is 2. The van der Waals surface area contributed by atoms with E-state index in [-0.39, 0.29) is 22.1 Å². The van der Waals surface area contributed by atoms with Gasteiger partial charge in [0, 0.05) is 22.7 Å². The number of hydrogen-bond acceptors (Lipinski definition) is 4. The molecule has 0 aliphatic carbocycles. The van der Waals surface area contributed by atoms with E-state index in [0.717, 1.165) is 5.69 Å². The van der Waals surface area contributed by atoms with Crippen LogP contribution in [0.5, 0.6) is 0 Å². The molecular weight excluding hydrogens is 432 g/mol. The quantitative estimate of drug-likeness (QED) is 0.261. The Labute approximate surface area is 174 Å². The standard InChI is InChI=1S/C23H15BrN2O3/c24-21-11-5-7-16(25-21)12-26-13-19(23(29)18-9-3-4-10-20(18)26)22(28)17-8-2-1-6-15(17)14-27/h1-11,13-14H,12H2. The summed E-state index contributed by atoms with van der Waals surface area (Å²) in [5.41, 5.74) is 1.62. The van der Waals surface area contributed by atoms with Crippen molar-refractivity contribution in [2.24, 2.45) is 0 Å². The fourth-order valence-corrected chi connectivity index (χ4v) is 3.68. The fraction of sp³-hybridized carbons (Fsp3) is 0.0435. The number of hydrogen-bond donors (Lipinski definition) is 0. The third-order valence-corrected chi connectivity index (χ3v) is 5.11. The Balaban J connectivity index is 1.91. The summed E-state index contributed by atoms with van der Waals surface area (Å²) < 4.78 is 2.54. The molecule has 142 valence electrons. The molecule has 2 aromatic carbocycles. The number of aldehydes is 1. The highest BCUT2D eigenvalue weighted by atomic mass is 79.9. The first-order chi connectivity index (χ1) is 14.1. The summed E-state index contributed by atoms with van der Waals surface area (Å²) in [4.78, 5) is 42.0. The maximum absolute atomic E-state index is 13.2. The Morgan fingerprint density at radius 3 is 2.52 bits per heavy atom. The summed E-state index contributed by atoms with van der Waals surface area (Å²) in [5, 5.41) is 0.442. The van der Waals surface area contributed by atoms with Crippen molar-refractivity contribution in [3.8, 4) is 0 Å². The molecule has 0 aliphatic heterocycles. The highest BCUT2D eigenvalue weighted by molar-refractivity contribution is 9.10. The number of halogens is 1. The number of carbonyl (C=O) groups excluding carboxylic acids is 2. The van der Waals surface area contributed by atoms with Gasteiger partial charge in [0.25, 0.3) is 0 Å². The van der Waals surface area contributed by atoms with Crippen molar-refractivity contribution in [1.82, 2.24) is 9.55 Å². The van der Waals surface area contributed by atoms with Gasteiger partial charge >= 0.3 is 0 Å². The Bertz CT molecular complexity index is 1310. The molecule has 0 spiro atoms. The number of para-hydroxylation sites is 1. The molecule has 0 bridgehead atoms. The molecule has 2 heterocycles. The summed E-state index contributed by atoms with van der Waals surface area (Å²) in [6.07, 6.45) is 2.18. The maximum atomic E-state index is 13.2. The van der Waals surface area contributed by atoms with Gasteiger partial charge in [-0.3, -0.25) is 14.4 Å². The molecule has 0 fully saturated rings. The number of ketones is 1. The summed E-state index contributed by atoms with van der Waals surface area (Å²) in [7, 11) is 0. The predicted molar refractivity (Wildman–Crippen MR) is 115 cm³/mol. The van der Waals surface area contributed by atoms with Gasteiger partial charge in [-0.2, -0.15) is 0 Å². The summed E-state index contributed by atoms with van der Waals surface area (Å²) in [6.45, 7) is 0.385. The Morgan fingerprint density at radius 2 is 1.72 bits per heavy atom. The highest BCUT2D eigenvalue weighted by Gasteiger charge is 2.19. The van der Waals surface area contributed by atoms with E-state index in [4.69, 9.17) is 0 Å². The van der Waals surface area contributed by atoms with Crippen LogP contribution >= 0.6 is 15.9 Å². The summed E-state index contributed by atoms with van der Waals surface area (Å²) >= 11 is 3.36. The van der Waals surface area contributed by atoms with Crippen LogP contribution in [0.3, 0.4) is 0 Å². The van der Waals surface area contributed by atoms with E-state index >= 15 is 0 Å². The van der Waals surface area contributed by atoms with E-state index in [0.29, 0.717) is 28.3 Å². The largest absolute Gasteiger partial charge is 0.340 e. The second kappa shape index (κ2) is 7.93. The van der Waals surface area contributed by atoms with E-state index in [1.54, 1.807) is 42.6 Å². The normalized spacial score (nSPS) is 10.8. The minimum absolute atomic E-state index is 0.0213. The molecule has 4 rings (SSSR count). The average Bonchev–Trinajstić information content (AvgIpc) is 2.75. The van der Waals surface area contributed by atoms with Gasteiger partial charge in [0.15, 0.2) is 12.1 Å². The predicted octanol–water partition coefficient (Wildman–Crippen LogP) is 4.25. The molecule has 6 heteroatoms. The lowest BCUT2D eigenvalue weighted by Gasteiger charge is -2.13. The van der Waals surface area contributed by atoms with Gasteiger partial charge in [0.2, 0.25) is 5.43 Å². The van der Waals surface area contributed by atoms with Gasteiger partial charge in [-0.05, 0) is 40.2 Å². The number of fused-ring (bicyclic) bond motifs is 1. The Kier molecular flexibility index (Phi) is 5.18.